The molecule has 1 aliphatic heterocycles. The minimum absolute atomic E-state index is 0.195. The number of carbonyl (C=O) groups is 1. The van der Waals surface area contributed by atoms with E-state index >= 15 is 0 Å². The van der Waals surface area contributed by atoms with Crippen LogP contribution < -0.4 is 14.8 Å². The number of pyridine rings is 1. The van der Waals surface area contributed by atoms with E-state index in [0.717, 1.165) is 35.7 Å². The molecule has 1 amide bonds. The molecule has 0 spiro atoms. The summed E-state index contributed by atoms with van der Waals surface area (Å²) in [7, 11) is 1.58. The van der Waals surface area contributed by atoms with Crippen LogP contribution in [0, 0.1) is 0 Å². The zero-order valence-corrected chi connectivity index (χ0v) is 21.4. The van der Waals surface area contributed by atoms with Crippen molar-refractivity contribution in [1.29, 1.82) is 0 Å². The molecule has 1 fully saturated rings. The van der Waals surface area contributed by atoms with E-state index in [4.69, 9.17) is 19.4 Å². The number of para-hydroxylation sites is 1. The molecule has 1 aliphatic rings. The van der Waals surface area contributed by atoms with Crippen LogP contribution in [0.25, 0.3) is 22.6 Å². The highest BCUT2D eigenvalue weighted by molar-refractivity contribution is 5.87. The topological polar surface area (TPSA) is 107 Å². The van der Waals surface area contributed by atoms with Crippen molar-refractivity contribution in [3.8, 4) is 28.8 Å². The van der Waals surface area contributed by atoms with Crippen LogP contribution in [0.3, 0.4) is 0 Å². The van der Waals surface area contributed by atoms with Gasteiger partial charge in [0.15, 0.2) is 22.8 Å². The molecule has 5 aromatic rings. The first-order valence-corrected chi connectivity index (χ1v) is 12.8. The Morgan fingerprint density at radius 2 is 1.74 bits per heavy atom. The summed E-state index contributed by atoms with van der Waals surface area (Å²) >= 11 is 0. The van der Waals surface area contributed by atoms with Crippen molar-refractivity contribution in [2.75, 3.05) is 25.5 Å². The Kier molecular flexibility index (Phi) is 6.73. The molecule has 2 aromatic carbocycles. The molecule has 0 bridgehead atoms. The van der Waals surface area contributed by atoms with Gasteiger partial charge in [-0.15, -0.1) is 0 Å². The quantitative estimate of drug-likeness (QED) is 0.287. The van der Waals surface area contributed by atoms with Crippen molar-refractivity contribution in [3.63, 3.8) is 0 Å². The van der Waals surface area contributed by atoms with Gasteiger partial charge in [0.1, 0.15) is 11.5 Å². The van der Waals surface area contributed by atoms with Gasteiger partial charge in [-0.2, -0.15) is 0 Å². The van der Waals surface area contributed by atoms with E-state index in [1.54, 1.807) is 25.7 Å². The van der Waals surface area contributed by atoms with Gasteiger partial charge < -0.3 is 24.3 Å². The Labute approximate surface area is 225 Å². The predicted molar refractivity (Wildman–Crippen MR) is 147 cm³/mol. The van der Waals surface area contributed by atoms with E-state index in [9.17, 15) is 4.79 Å². The van der Waals surface area contributed by atoms with Crippen LogP contribution in [-0.4, -0.2) is 55.5 Å². The number of amides is 1. The standard InChI is InChI=1S/C29H27N7O3/c1-38-24-14-9-20(18-30-24)27-33-28(32-21-10-12-23(13-11-21)39-22-6-3-2-4-7-22)26-29(34-27)36(19-31-26)17-16-35-15-5-8-25(35)37/h2-4,6-7,9-14,18-19H,5,8,15-17H2,1H3,(H,32,33,34). The molecule has 0 aliphatic carbocycles. The first kappa shape index (κ1) is 24.4. The molecule has 0 unspecified atom stereocenters. The van der Waals surface area contributed by atoms with Gasteiger partial charge in [0.05, 0.1) is 13.4 Å². The van der Waals surface area contributed by atoms with Gasteiger partial charge in [0.2, 0.25) is 11.8 Å². The maximum Gasteiger partial charge on any atom is 0.222 e. The number of aromatic nitrogens is 5. The normalized spacial score (nSPS) is 13.2. The molecule has 39 heavy (non-hydrogen) atoms. The lowest BCUT2D eigenvalue weighted by molar-refractivity contribution is -0.127. The third kappa shape index (κ3) is 5.35. The monoisotopic (exact) mass is 521 g/mol. The summed E-state index contributed by atoms with van der Waals surface area (Å²) in [4.78, 5) is 32.6. The fraction of sp³-hybridized carbons (Fsp3) is 0.207. The van der Waals surface area contributed by atoms with Gasteiger partial charge in [-0.25, -0.2) is 19.9 Å². The van der Waals surface area contributed by atoms with Crippen LogP contribution in [0.2, 0.25) is 0 Å². The summed E-state index contributed by atoms with van der Waals surface area (Å²) < 4.78 is 13.1. The number of benzene rings is 2. The van der Waals surface area contributed by atoms with Crippen LogP contribution in [0.15, 0.2) is 79.3 Å². The minimum Gasteiger partial charge on any atom is -0.481 e. The zero-order valence-electron chi connectivity index (χ0n) is 21.4. The highest BCUT2D eigenvalue weighted by atomic mass is 16.5. The second kappa shape index (κ2) is 10.8. The Morgan fingerprint density at radius 1 is 0.923 bits per heavy atom. The maximum atomic E-state index is 12.1. The highest BCUT2D eigenvalue weighted by Crippen LogP contribution is 2.29. The molecule has 4 heterocycles. The fourth-order valence-corrected chi connectivity index (χ4v) is 4.49. The molecule has 0 saturated carbocycles. The number of imidazole rings is 1. The first-order chi connectivity index (χ1) is 19.2. The number of fused-ring (bicyclic) bond motifs is 1. The van der Waals surface area contributed by atoms with Crippen LogP contribution in [0.5, 0.6) is 17.4 Å². The number of ether oxygens (including phenoxy) is 2. The van der Waals surface area contributed by atoms with Gasteiger partial charge >= 0.3 is 0 Å². The van der Waals surface area contributed by atoms with Crippen LogP contribution in [0.1, 0.15) is 12.8 Å². The molecule has 0 atom stereocenters. The summed E-state index contributed by atoms with van der Waals surface area (Å²) in [5, 5.41) is 3.40. The number of likely N-dealkylation sites (tertiary alicyclic amines) is 1. The Morgan fingerprint density at radius 3 is 2.46 bits per heavy atom. The number of methoxy groups -OCH3 is 1. The van der Waals surface area contributed by atoms with Gasteiger partial charge in [-0.1, -0.05) is 18.2 Å². The average molecular weight is 522 g/mol. The van der Waals surface area contributed by atoms with Gasteiger partial charge in [-0.3, -0.25) is 4.79 Å². The molecule has 1 saturated heterocycles. The predicted octanol–water partition coefficient (Wildman–Crippen LogP) is 5.06. The van der Waals surface area contributed by atoms with Crippen molar-refractivity contribution >= 4 is 28.6 Å². The van der Waals surface area contributed by atoms with Crippen LogP contribution >= 0.6 is 0 Å². The highest BCUT2D eigenvalue weighted by Gasteiger charge is 2.21. The van der Waals surface area contributed by atoms with Gasteiger partial charge in [-0.05, 0) is 48.9 Å². The third-order valence-corrected chi connectivity index (χ3v) is 6.55. The first-order valence-electron chi connectivity index (χ1n) is 12.8. The summed E-state index contributed by atoms with van der Waals surface area (Å²) in [6.07, 6.45) is 4.95. The molecule has 1 N–H and O–H groups in total. The lowest BCUT2D eigenvalue weighted by Gasteiger charge is -2.16. The Bertz CT molecular complexity index is 1590. The van der Waals surface area contributed by atoms with Crippen molar-refractivity contribution in [3.05, 3.63) is 79.3 Å². The fourth-order valence-electron chi connectivity index (χ4n) is 4.49. The second-order valence-corrected chi connectivity index (χ2v) is 9.14. The summed E-state index contributed by atoms with van der Waals surface area (Å²) in [5.74, 6) is 3.28. The van der Waals surface area contributed by atoms with E-state index < -0.39 is 0 Å². The van der Waals surface area contributed by atoms with E-state index in [2.05, 4.69) is 15.3 Å². The molecule has 0 radical (unpaired) electrons. The molecule has 3 aromatic heterocycles. The number of nitrogens with one attached hydrogen (secondary N) is 1. The third-order valence-electron chi connectivity index (χ3n) is 6.55. The Balaban J connectivity index is 1.31. The summed E-state index contributed by atoms with van der Waals surface area (Å²) in [6.45, 7) is 1.99. The lowest BCUT2D eigenvalue weighted by Crippen LogP contribution is -2.28. The number of carbonyl (C=O) groups excluding carboxylic acids is 1. The van der Waals surface area contributed by atoms with E-state index in [1.165, 1.54) is 0 Å². The lowest BCUT2D eigenvalue weighted by atomic mass is 10.2. The summed E-state index contributed by atoms with van der Waals surface area (Å²) in [6, 6.07) is 20.9. The second-order valence-electron chi connectivity index (χ2n) is 9.14. The number of hydrogen-bond donors (Lipinski definition) is 1. The van der Waals surface area contributed by atoms with Crippen molar-refractivity contribution in [2.24, 2.45) is 0 Å². The SMILES string of the molecule is COc1ccc(-c2nc(Nc3ccc(Oc4ccccc4)cc3)c3ncn(CCN4CCCC4=O)c3n2)cn1. The molecular weight excluding hydrogens is 494 g/mol. The van der Waals surface area contributed by atoms with E-state index in [1.807, 2.05) is 70.1 Å². The zero-order chi connectivity index (χ0) is 26.6. The van der Waals surface area contributed by atoms with E-state index in [-0.39, 0.29) is 5.91 Å². The van der Waals surface area contributed by atoms with Crippen LogP contribution in [-0.2, 0) is 11.3 Å². The molecule has 6 rings (SSSR count). The largest absolute Gasteiger partial charge is 0.481 e. The van der Waals surface area contributed by atoms with Crippen LogP contribution in [0.4, 0.5) is 11.5 Å². The Hall–Kier alpha value is -4.99. The molecule has 196 valence electrons. The molecular formula is C29H27N7O3. The molecule has 10 nitrogen and oxygen atoms in total. The van der Waals surface area contributed by atoms with Gasteiger partial charge in [0.25, 0.3) is 0 Å². The molecule has 10 heteroatoms. The smallest absolute Gasteiger partial charge is 0.222 e. The number of anilines is 2. The maximum absolute atomic E-state index is 12.1. The van der Waals surface area contributed by atoms with E-state index in [0.29, 0.717) is 48.2 Å². The number of hydrogen-bond acceptors (Lipinski definition) is 8. The van der Waals surface area contributed by atoms with Crippen molar-refractivity contribution in [1.82, 2.24) is 29.4 Å². The summed E-state index contributed by atoms with van der Waals surface area (Å²) in [5.41, 5.74) is 2.88. The van der Waals surface area contributed by atoms with Gasteiger partial charge in [0, 0.05) is 49.6 Å². The van der Waals surface area contributed by atoms with Crippen molar-refractivity contribution in [2.45, 2.75) is 19.4 Å². The minimum atomic E-state index is 0.195. The number of nitrogens with zero attached hydrogens (tertiary/aromatic N) is 6. The van der Waals surface area contributed by atoms with Crippen molar-refractivity contribution < 1.29 is 14.3 Å². The number of rotatable bonds is 9. The average Bonchev–Trinajstić information content (AvgIpc) is 3.59.